The standard InChI is InChI=1S/C7H8O2.6C4H10O.4CH3.4Nb.4H2O/c8-7(9)6-4-2-1-3-5-6;6*1-4(2,3)5;;;;;;;;;;;;/h1-5,7-9H;6*5H,1-3H3;4*1H3;;;;;4*1H2/q;;;;;;;4*-1;;;2*+2;;;;. The van der Waals surface area contributed by atoms with Crippen LogP contribution >= 0.6 is 0 Å². The molecule has 0 spiro atoms. The first-order valence-electron chi connectivity index (χ1n) is 13.1. The number of hydrogen-bond acceptors (Lipinski definition) is 8. The van der Waals surface area contributed by atoms with E-state index in [0.29, 0.717) is 5.56 Å². The minimum Gasteiger partial charge on any atom is -0.412 e. The average molecular weight is 1070 g/mol. The maximum absolute atomic E-state index is 8.58. The van der Waals surface area contributed by atoms with Crippen molar-refractivity contribution in [3.8, 4) is 0 Å². The van der Waals surface area contributed by atoms with Crippen molar-refractivity contribution < 1.29 is 152 Å². The Bertz CT molecular complexity index is 518. The SMILES string of the molecule is CC(C)(C)O.CC(C)(C)O.CC(C)(C)O.CC(C)(C)O.CC(C)(C)O.CC(C)(C)O.O.O.O.O.OC(O)c1ccccc1.[CH3-].[CH3-].[CH3-].[CH3-].[Nb+2].[Nb+2].[Nb].[Nb]. The number of aliphatic hydroxyl groups is 8. The van der Waals surface area contributed by atoms with Crippen LogP contribution in [0.1, 0.15) is 136 Å². The fraction of sp³-hybridized carbons (Fsp3) is 0.714. The van der Waals surface area contributed by atoms with Crippen LogP contribution in [0.5, 0.6) is 0 Å². The van der Waals surface area contributed by atoms with Gasteiger partial charge in [-0.3, -0.25) is 0 Å². The van der Waals surface area contributed by atoms with Gasteiger partial charge in [-0.1, -0.05) is 30.3 Å². The largest absolute Gasteiger partial charge is 2.00 e. The zero-order valence-corrected chi connectivity index (χ0v) is 45.1. The van der Waals surface area contributed by atoms with Crippen LogP contribution in [0.15, 0.2) is 30.3 Å². The van der Waals surface area contributed by atoms with E-state index in [1.165, 1.54) is 0 Å². The zero-order chi connectivity index (χ0) is 33.7. The fourth-order valence-corrected chi connectivity index (χ4v) is 0.625. The first-order valence-corrected chi connectivity index (χ1v) is 13.1. The molecule has 0 saturated carbocycles. The second-order valence-electron chi connectivity index (χ2n) is 14.8. The van der Waals surface area contributed by atoms with Gasteiger partial charge in [0, 0.05) is 50.3 Å². The van der Waals surface area contributed by atoms with Gasteiger partial charge in [0.05, 0.1) is 33.6 Å². The Balaban J connectivity index is -0.0000000152. The molecule has 0 aliphatic rings. The summed E-state index contributed by atoms with van der Waals surface area (Å²) in [5, 5.41) is 68.3. The Kier molecular flexibility index (Phi) is 129. The molecule has 0 aliphatic carbocycles. The van der Waals surface area contributed by atoms with Gasteiger partial charge >= 0.3 is 44.8 Å². The minimum atomic E-state index is -1.34. The number of hydrogen-bond donors (Lipinski definition) is 8. The Morgan fingerprint density at radius 2 is 0.451 bits per heavy atom. The van der Waals surface area contributed by atoms with E-state index in [4.69, 9.17) is 40.9 Å². The molecule has 1 aromatic rings. The monoisotopic (exact) mass is 1070 g/mol. The van der Waals surface area contributed by atoms with Crippen molar-refractivity contribution in [1.82, 2.24) is 0 Å². The molecular formula is C35H88Nb4O12. The Morgan fingerprint density at radius 3 is 0.510 bits per heavy atom. The second kappa shape index (κ2) is 56.0. The van der Waals surface area contributed by atoms with Crippen molar-refractivity contribution in [2.45, 2.75) is 165 Å². The summed E-state index contributed by atoms with van der Waals surface area (Å²) in [6.07, 6.45) is -1.34. The molecular weight excluding hydrogens is 984 g/mol. The summed E-state index contributed by atoms with van der Waals surface area (Å²) in [6, 6.07) is 8.66. The van der Waals surface area contributed by atoms with Crippen LogP contribution < -0.4 is 0 Å². The van der Waals surface area contributed by atoms with Crippen LogP contribution in [0.4, 0.5) is 0 Å². The summed E-state index contributed by atoms with van der Waals surface area (Å²) < 4.78 is 0. The van der Waals surface area contributed by atoms with Crippen LogP contribution in [0.25, 0.3) is 0 Å². The topological polar surface area (TPSA) is 288 Å². The van der Waals surface area contributed by atoms with Crippen LogP contribution in [0.2, 0.25) is 0 Å². The van der Waals surface area contributed by atoms with Gasteiger partial charge in [0.2, 0.25) is 0 Å². The van der Waals surface area contributed by atoms with E-state index < -0.39 is 39.9 Å². The molecule has 16 heteroatoms. The summed E-state index contributed by atoms with van der Waals surface area (Å²) in [7, 11) is 0. The molecule has 51 heavy (non-hydrogen) atoms. The van der Waals surface area contributed by atoms with Crippen molar-refractivity contribution in [3.05, 3.63) is 65.6 Å². The van der Waals surface area contributed by atoms with Crippen LogP contribution in [0.3, 0.4) is 0 Å². The van der Waals surface area contributed by atoms with Gasteiger partial charge in [0.1, 0.15) is 0 Å². The summed E-state index contributed by atoms with van der Waals surface area (Å²) in [6.45, 7) is 31.4. The van der Waals surface area contributed by atoms with E-state index in [1.807, 2.05) is 6.07 Å². The van der Waals surface area contributed by atoms with E-state index in [2.05, 4.69) is 0 Å². The summed E-state index contributed by atoms with van der Waals surface area (Å²) in [4.78, 5) is 0. The molecule has 1 aromatic carbocycles. The Morgan fingerprint density at radius 1 is 0.353 bits per heavy atom. The van der Waals surface area contributed by atoms with Gasteiger partial charge < -0.3 is 92.5 Å². The predicted molar refractivity (Wildman–Crippen MR) is 206 cm³/mol. The first-order chi connectivity index (χ1) is 16.3. The van der Waals surface area contributed by atoms with Crippen molar-refractivity contribution in [2.24, 2.45) is 0 Å². The van der Waals surface area contributed by atoms with Crippen molar-refractivity contribution in [2.75, 3.05) is 0 Å². The molecule has 0 bridgehead atoms. The third-order valence-corrected chi connectivity index (χ3v) is 1.10. The third-order valence-electron chi connectivity index (χ3n) is 1.10. The van der Waals surface area contributed by atoms with E-state index in [-0.39, 0.29) is 141 Å². The molecule has 16 N–H and O–H groups in total. The number of aliphatic hydroxyl groups excluding tert-OH is 1. The van der Waals surface area contributed by atoms with Gasteiger partial charge in [-0.25, -0.2) is 0 Å². The molecule has 0 aliphatic heterocycles. The van der Waals surface area contributed by atoms with Gasteiger partial charge in [-0.2, -0.15) is 0 Å². The van der Waals surface area contributed by atoms with Crippen molar-refractivity contribution in [3.63, 3.8) is 0 Å². The van der Waals surface area contributed by atoms with Crippen molar-refractivity contribution in [1.29, 1.82) is 0 Å². The predicted octanol–water partition coefficient (Wildman–Crippen LogP) is 3.83. The third kappa shape index (κ3) is 680. The van der Waals surface area contributed by atoms with Gasteiger partial charge in [0.15, 0.2) is 6.29 Å². The number of rotatable bonds is 1. The molecule has 1 rings (SSSR count). The molecule has 0 amide bonds. The maximum Gasteiger partial charge on any atom is 2.00 e. The smallest absolute Gasteiger partial charge is 0.412 e. The van der Waals surface area contributed by atoms with E-state index in [1.54, 1.807) is 149 Å². The Hall–Kier alpha value is 1.70. The van der Waals surface area contributed by atoms with Gasteiger partial charge in [-0.15, -0.1) is 0 Å². The molecule has 320 valence electrons. The fourth-order valence-electron chi connectivity index (χ4n) is 0.625. The van der Waals surface area contributed by atoms with Gasteiger partial charge in [0.25, 0.3) is 0 Å². The molecule has 0 heterocycles. The van der Waals surface area contributed by atoms with Crippen molar-refractivity contribution >= 4 is 0 Å². The van der Waals surface area contributed by atoms with E-state index >= 15 is 0 Å². The minimum absolute atomic E-state index is 0. The average Bonchev–Trinajstić information content (AvgIpc) is 2.45. The van der Waals surface area contributed by atoms with E-state index in [9.17, 15) is 0 Å². The zero-order valence-electron chi connectivity index (χ0n) is 36.3. The molecule has 12 nitrogen and oxygen atoms in total. The second-order valence-corrected chi connectivity index (χ2v) is 14.8. The van der Waals surface area contributed by atoms with Crippen LogP contribution in [-0.4, -0.2) is 96.4 Å². The molecule has 0 atom stereocenters. The summed E-state index contributed by atoms with van der Waals surface area (Å²) in [5.41, 5.74) is -2.47. The molecule has 0 aromatic heterocycles. The molecule has 0 unspecified atom stereocenters. The van der Waals surface area contributed by atoms with E-state index in [0.717, 1.165) is 0 Å². The summed E-state index contributed by atoms with van der Waals surface area (Å²) >= 11 is 0. The van der Waals surface area contributed by atoms with Gasteiger partial charge in [-0.05, 0) is 125 Å². The first kappa shape index (κ1) is 117. The molecule has 4 radical (unpaired) electrons. The van der Waals surface area contributed by atoms with Crippen LogP contribution in [-0.2, 0) is 89.5 Å². The summed E-state index contributed by atoms with van der Waals surface area (Å²) in [5.74, 6) is 0. The maximum atomic E-state index is 8.58. The van der Waals surface area contributed by atoms with Crippen LogP contribution in [0, 0.1) is 29.7 Å². The normalized spacial score (nSPS) is 8.84. The number of benzene rings is 1. The quantitative estimate of drug-likeness (QED) is 0.116. The molecule has 0 saturated heterocycles. The Labute approximate surface area is 379 Å². The molecule has 0 fully saturated rings.